The quantitative estimate of drug-likeness (QED) is 0.812. The van der Waals surface area contributed by atoms with Crippen LogP contribution in [0, 0.1) is 0 Å². The van der Waals surface area contributed by atoms with Gasteiger partial charge in [-0.15, -0.1) is 0 Å². The predicted molar refractivity (Wildman–Crippen MR) is 97.7 cm³/mol. The van der Waals surface area contributed by atoms with Gasteiger partial charge in [-0.05, 0) is 41.8 Å². The molecular weight excluding hydrogens is 320 g/mol. The molecule has 3 rings (SSSR count). The summed E-state index contributed by atoms with van der Waals surface area (Å²) in [4.78, 5) is 0.377. The van der Waals surface area contributed by atoms with Crippen molar-refractivity contribution in [2.24, 2.45) is 0 Å². The summed E-state index contributed by atoms with van der Waals surface area (Å²) in [5.74, 6) is 1.05. The highest BCUT2D eigenvalue weighted by Crippen LogP contribution is 2.27. The highest BCUT2D eigenvalue weighted by Gasteiger charge is 2.11. The average Bonchev–Trinajstić information content (AvgIpc) is 2.62. The van der Waals surface area contributed by atoms with Gasteiger partial charge in [-0.25, -0.2) is 8.42 Å². The number of ether oxygens (including phenoxy) is 1. The van der Waals surface area contributed by atoms with Gasteiger partial charge >= 0.3 is 0 Å². The topological polar surface area (TPSA) is 43.4 Å². The van der Waals surface area contributed by atoms with Gasteiger partial charge in [-0.3, -0.25) is 0 Å². The number of fused-ring (bicyclic) bond motifs is 1. The molecule has 0 atom stereocenters. The molecule has 0 spiro atoms. The fraction of sp³-hybridized carbons (Fsp3) is 0.200. The molecule has 4 heteroatoms. The molecule has 2 aromatic rings. The summed E-state index contributed by atoms with van der Waals surface area (Å²) in [5.41, 5.74) is 3.32. The van der Waals surface area contributed by atoms with Crippen LogP contribution in [0.4, 0.5) is 0 Å². The fourth-order valence-corrected chi connectivity index (χ4v) is 3.46. The summed E-state index contributed by atoms with van der Waals surface area (Å²) >= 11 is 0. The third kappa shape index (κ3) is 3.77. The minimum Gasteiger partial charge on any atom is -0.489 e. The molecule has 1 aliphatic heterocycles. The molecule has 0 amide bonds. The van der Waals surface area contributed by atoms with Crippen LogP contribution in [0.1, 0.15) is 24.5 Å². The van der Waals surface area contributed by atoms with Gasteiger partial charge in [0.2, 0.25) is 0 Å². The van der Waals surface area contributed by atoms with Crippen LogP contribution in [0.15, 0.2) is 65.1 Å². The molecule has 2 aromatic carbocycles. The van der Waals surface area contributed by atoms with Gasteiger partial charge in [0, 0.05) is 5.56 Å². The molecule has 0 saturated carbocycles. The molecule has 1 heterocycles. The first-order valence-electron chi connectivity index (χ1n) is 7.99. The van der Waals surface area contributed by atoms with E-state index in [1.807, 2.05) is 42.5 Å². The molecule has 0 radical (unpaired) electrons. The molecule has 0 fully saturated rings. The largest absolute Gasteiger partial charge is 0.489 e. The highest BCUT2D eigenvalue weighted by molar-refractivity contribution is 7.91. The maximum Gasteiger partial charge on any atom is 0.178 e. The van der Waals surface area contributed by atoms with Crippen LogP contribution in [0.2, 0.25) is 0 Å². The van der Waals surface area contributed by atoms with Gasteiger partial charge in [-0.1, -0.05) is 49.4 Å². The van der Waals surface area contributed by atoms with Crippen molar-refractivity contribution in [1.82, 2.24) is 0 Å². The van der Waals surface area contributed by atoms with Crippen molar-refractivity contribution in [3.63, 3.8) is 0 Å². The standard InChI is InChI=1S/C20H20O3S/c1-2-24(21,22)19-12-10-16(11-13-19)6-5-7-17-14-18-8-3-4-9-20(18)23-15-17/h3-6,8-14H,2,7,15H2,1H3. The van der Waals surface area contributed by atoms with Crippen molar-refractivity contribution in [1.29, 1.82) is 0 Å². The second-order valence-corrected chi connectivity index (χ2v) is 7.99. The van der Waals surface area contributed by atoms with E-state index in [4.69, 9.17) is 4.74 Å². The summed E-state index contributed by atoms with van der Waals surface area (Å²) < 4.78 is 29.3. The monoisotopic (exact) mass is 340 g/mol. The van der Waals surface area contributed by atoms with E-state index in [-0.39, 0.29) is 5.75 Å². The Balaban J connectivity index is 1.66. The predicted octanol–water partition coefficient (Wildman–Crippen LogP) is 4.36. The average molecular weight is 340 g/mol. The Morgan fingerprint density at radius 3 is 2.58 bits per heavy atom. The second kappa shape index (κ2) is 7.05. The molecule has 1 aliphatic rings. The zero-order valence-electron chi connectivity index (χ0n) is 13.6. The first-order valence-corrected chi connectivity index (χ1v) is 9.64. The van der Waals surface area contributed by atoms with Gasteiger partial charge in [0.15, 0.2) is 9.84 Å². The Hall–Kier alpha value is -2.33. The molecule has 0 N–H and O–H groups in total. The number of hydrogen-bond acceptors (Lipinski definition) is 3. The summed E-state index contributed by atoms with van der Waals surface area (Å²) in [6, 6.07) is 15.0. The lowest BCUT2D eigenvalue weighted by molar-refractivity contribution is 0.345. The maximum absolute atomic E-state index is 11.8. The summed E-state index contributed by atoms with van der Waals surface area (Å²) in [7, 11) is -3.13. The number of hydrogen-bond donors (Lipinski definition) is 0. The summed E-state index contributed by atoms with van der Waals surface area (Å²) in [6.07, 6.45) is 7.06. The Bertz CT molecular complexity index is 875. The lowest BCUT2D eigenvalue weighted by atomic mass is 10.0. The normalized spacial score (nSPS) is 14.1. The highest BCUT2D eigenvalue weighted by atomic mass is 32.2. The van der Waals surface area contributed by atoms with Crippen molar-refractivity contribution < 1.29 is 13.2 Å². The van der Waals surface area contributed by atoms with Crippen LogP contribution in [-0.4, -0.2) is 20.8 Å². The summed E-state index contributed by atoms with van der Waals surface area (Å²) in [6.45, 7) is 2.26. The van der Waals surface area contributed by atoms with Gasteiger partial charge in [0.25, 0.3) is 0 Å². The number of sulfone groups is 1. The van der Waals surface area contributed by atoms with E-state index in [1.54, 1.807) is 19.1 Å². The Morgan fingerprint density at radius 1 is 1.08 bits per heavy atom. The number of benzene rings is 2. The van der Waals surface area contributed by atoms with E-state index < -0.39 is 9.84 Å². The molecule has 0 bridgehead atoms. The molecule has 0 aromatic heterocycles. The Kier molecular flexibility index (Phi) is 4.86. The van der Waals surface area contributed by atoms with Crippen molar-refractivity contribution in [3.8, 4) is 5.75 Å². The zero-order valence-corrected chi connectivity index (χ0v) is 14.4. The van der Waals surface area contributed by atoms with Gasteiger partial charge < -0.3 is 4.74 Å². The smallest absolute Gasteiger partial charge is 0.178 e. The van der Waals surface area contributed by atoms with Crippen LogP contribution < -0.4 is 4.74 Å². The van der Waals surface area contributed by atoms with Crippen LogP contribution in [0.25, 0.3) is 12.2 Å². The van der Waals surface area contributed by atoms with Crippen molar-refractivity contribution in [2.45, 2.75) is 18.2 Å². The Labute approximate surface area is 143 Å². The van der Waals surface area contributed by atoms with E-state index in [1.165, 1.54) is 5.57 Å². The lowest BCUT2D eigenvalue weighted by Gasteiger charge is -2.16. The molecular formula is C20H20O3S. The van der Waals surface area contributed by atoms with Crippen molar-refractivity contribution >= 4 is 22.0 Å². The van der Waals surface area contributed by atoms with Crippen LogP contribution in [0.5, 0.6) is 5.75 Å². The van der Waals surface area contributed by atoms with Crippen LogP contribution in [-0.2, 0) is 9.84 Å². The lowest BCUT2D eigenvalue weighted by Crippen LogP contribution is -2.06. The first-order chi connectivity index (χ1) is 11.6. The zero-order chi connectivity index (χ0) is 17.0. The fourth-order valence-electron chi connectivity index (χ4n) is 2.58. The van der Waals surface area contributed by atoms with E-state index in [0.29, 0.717) is 11.5 Å². The van der Waals surface area contributed by atoms with Crippen molar-refractivity contribution in [2.75, 3.05) is 12.4 Å². The maximum atomic E-state index is 11.8. The van der Waals surface area contributed by atoms with E-state index >= 15 is 0 Å². The van der Waals surface area contributed by atoms with Crippen LogP contribution >= 0.6 is 0 Å². The van der Waals surface area contributed by atoms with E-state index in [0.717, 1.165) is 23.3 Å². The minimum absolute atomic E-state index is 0.123. The van der Waals surface area contributed by atoms with Crippen LogP contribution in [0.3, 0.4) is 0 Å². The molecule has 0 saturated heterocycles. The summed E-state index contributed by atoms with van der Waals surface area (Å²) in [5, 5.41) is 0. The second-order valence-electron chi connectivity index (χ2n) is 5.71. The number of allylic oxidation sites excluding steroid dienone is 1. The van der Waals surface area contributed by atoms with E-state index in [2.05, 4.69) is 12.2 Å². The SMILES string of the molecule is CCS(=O)(=O)c1ccc(C=CCC2=Cc3ccccc3OC2)cc1. The van der Waals surface area contributed by atoms with Crippen molar-refractivity contribution in [3.05, 3.63) is 71.3 Å². The van der Waals surface area contributed by atoms with Gasteiger partial charge in [0.05, 0.1) is 10.6 Å². The minimum atomic E-state index is -3.13. The van der Waals surface area contributed by atoms with Gasteiger partial charge in [0.1, 0.15) is 12.4 Å². The first kappa shape index (κ1) is 16.5. The third-order valence-electron chi connectivity index (χ3n) is 4.00. The number of para-hydroxylation sites is 1. The van der Waals surface area contributed by atoms with Gasteiger partial charge in [-0.2, -0.15) is 0 Å². The number of rotatable bonds is 5. The molecule has 0 unspecified atom stereocenters. The Morgan fingerprint density at radius 2 is 1.83 bits per heavy atom. The molecule has 24 heavy (non-hydrogen) atoms. The molecule has 0 aliphatic carbocycles. The molecule has 124 valence electrons. The third-order valence-corrected chi connectivity index (χ3v) is 5.75. The van der Waals surface area contributed by atoms with E-state index in [9.17, 15) is 8.42 Å². The molecule has 3 nitrogen and oxygen atoms in total.